The summed E-state index contributed by atoms with van der Waals surface area (Å²) in [6, 6.07) is 21.6. The van der Waals surface area contributed by atoms with Crippen molar-refractivity contribution < 1.29 is 22.7 Å². The van der Waals surface area contributed by atoms with Gasteiger partial charge in [0.05, 0.1) is 16.3 Å². The summed E-state index contributed by atoms with van der Waals surface area (Å²) in [5.74, 6) is 0.0876. The van der Waals surface area contributed by atoms with E-state index in [2.05, 4.69) is 10.0 Å². The molecule has 9 heteroatoms. The van der Waals surface area contributed by atoms with Gasteiger partial charge >= 0.3 is 0 Å². The van der Waals surface area contributed by atoms with E-state index in [1.807, 2.05) is 6.07 Å². The number of fused-ring (bicyclic) bond motifs is 1. The summed E-state index contributed by atoms with van der Waals surface area (Å²) in [6.45, 7) is 0.133. The minimum Gasteiger partial charge on any atom is -0.482 e. The molecule has 0 aromatic heterocycles. The van der Waals surface area contributed by atoms with Crippen molar-refractivity contribution in [3.05, 3.63) is 78.9 Å². The molecule has 1 aliphatic rings. The molecule has 0 saturated heterocycles. The number of carbonyl (C=O) groups excluding carboxylic acids is 2. The van der Waals surface area contributed by atoms with Crippen LogP contribution in [0.4, 0.5) is 17.1 Å². The van der Waals surface area contributed by atoms with Crippen molar-refractivity contribution in [2.75, 3.05) is 28.1 Å². The molecule has 2 amide bonds. The Morgan fingerprint density at radius 1 is 0.938 bits per heavy atom. The molecule has 0 fully saturated rings. The molecule has 2 N–H and O–H groups in total. The molecule has 0 saturated carbocycles. The molecule has 3 aromatic carbocycles. The van der Waals surface area contributed by atoms with Gasteiger partial charge in [-0.25, -0.2) is 8.42 Å². The topological polar surface area (TPSA) is 105 Å². The smallest absolute Gasteiger partial charge is 0.265 e. The highest BCUT2D eigenvalue weighted by atomic mass is 32.2. The molecular formula is C23H21N3O5S. The Morgan fingerprint density at radius 3 is 2.47 bits per heavy atom. The molecule has 3 aromatic rings. The van der Waals surface area contributed by atoms with E-state index in [1.54, 1.807) is 54.6 Å². The maximum absolute atomic E-state index is 12.5. The predicted molar refractivity (Wildman–Crippen MR) is 121 cm³/mol. The van der Waals surface area contributed by atoms with Crippen molar-refractivity contribution in [3.8, 4) is 5.75 Å². The van der Waals surface area contributed by atoms with Gasteiger partial charge in [0.15, 0.2) is 6.61 Å². The van der Waals surface area contributed by atoms with Crippen LogP contribution in [0.2, 0.25) is 0 Å². The van der Waals surface area contributed by atoms with Gasteiger partial charge in [0.1, 0.15) is 5.75 Å². The minimum absolute atomic E-state index is 0.0672. The molecule has 0 atom stereocenters. The fourth-order valence-corrected chi connectivity index (χ4v) is 4.38. The largest absolute Gasteiger partial charge is 0.482 e. The number of rotatable bonds is 7. The second kappa shape index (κ2) is 9.11. The molecule has 0 aliphatic carbocycles. The van der Waals surface area contributed by atoms with Crippen LogP contribution in [0.25, 0.3) is 0 Å². The van der Waals surface area contributed by atoms with Gasteiger partial charge < -0.3 is 15.0 Å². The number of nitrogens with one attached hydrogen (secondary N) is 2. The van der Waals surface area contributed by atoms with Gasteiger partial charge in [-0.3, -0.25) is 14.3 Å². The van der Waals surface area contributed by atoms with E-state index in [0.29, 0.717) is 22.8 Å². The average molecular weight is 452 g/mol. The maximum atomic E-state index is 12.5. The Kier molecular flexibility index (Phi) is 6.09. The lowest BCUT2D eigenvalue weighted by atomic mass is 10.2. The first-order valence-corrected chi connectivity index (χ1v) is 11.4. The van der Waals surface area contributed by atoms with Crippen molar-refractivity contribution in [3.63, 3.8) is 0 Å². The summed E-state index contributed by atoms with van der Waals surface area (Å²) in [4.78, 5) is 26.4. The van der Waals surface area contributed by atoms with Crippen LogP contribution in [-0.4, -0.2) is 33.4 Å². The highest BCUT2D eigenvalue weighted by Gasteiger charge is 2.25. The summed E-state index contributed by atoms with van der Waals surface area (Å²) >= 11 is 0. The number of benzene rings is 3. The summed E-state index contributed by atoms with van der Waals surface area (Å²) < 4.78 is 32.9. The van der Waals surface area contributed by atoms with E-state index in [0.717, 1.165) is 0 Å². The van der Waals surface area contributed by atoms with Gasteiger partial charge in [0.25, 0.3) is 15.9 Å². The van der Waals surface area contributed by atoms with E-state index >= 15 is 0 Å². The quantitative estimate of drug-likeness (QED) is 0.574. The second-order valence-electron chi connectivity index (χ2n) is 7.10. The summed E-state index contributed by atoms with van der Waals surface area (Å²) in [7, 11) is -3.74. The van der Waals surface area contributed by atoms with Crippen LogP contribution in [0, 0.1) is 0 Å². The van der Waals surface area contributed by atoms with Crippen molar-refractivity contribution in [2.24, 2.45) is 0 Å². The van der Waals surface area contributed by atoms with Gasteiger partial charge in [0.2, 0.25) is 5.91 Å². The first-order chi connectivity index (χ1) is 15.4. The molecule has 0 unspecified atom stereocenters. The minimum atomic E-state index is -3.74. The van der Waals surface area contributed by atoms with E-state index in [9.17, 15) is 18.0 Å². The highest BCUT2D eigenvalue weighted by molar-refractivity contribution is 7.92. The van der Waals surface area contributed by atoms with Crippen LogP contribution < -0.4 is 19.7 Å². The van der Waals surface area contributed by atoms with E-state index in [-0.39, 0.29) is 36.3 Å². The zero-order chi connectivity index (χ0) is 22.6. The molecule has 164 valence electrons. The zero-order valence-corrected chi connectivity index (χ0v) is 17.8. The molecule has 1 heterocycles. The first-order valence-electron chi connectivity index (χ1n) is 9.92. The lowest BCUT2D eigenvalue weighted by Crippen LogP contribution is -2.40. The van der Waals surface area contributed by atoms with Crippen molar-refractivity contribution in [1.29, 1.82) is 0 Å². The summed E-state index contributed by atoms with van der Waals surface area (Å²) in [5, 5.41) is 2.74. The number of carbonyl (C=O) groups is 2. The second-order valence-corrected chi connectivity index (χ2v) is 8.78. The first kappa shape index (κ1) is 21.4. The Labute approximate surface area is 185 Å². The number of para-hydroxylation sites is 2. The van der Waals surface area contributed by atoms with Crippen LogP contribution in [-0.2, 0) is 19.6 Å². The summed E-state index contributed by atoms with van der Waals surface area (Å²) in [5.41, 5.74) is 1.40. The molecule has 1 aliphatic heterocycles. The molecule has 0 spiro atoms. The fourth-order valence-electron chi connectivity index (χ4n) is 3.31. The molecule has 0 bridgehead atoms. The number of amides is 2. The van der Waals surface area contributed by atoms with E-state index in [4.69, 9.17) is 4.74 Å². The Bertz CT molecular complexity index is 1250. The third-order valence-electron chi connectivity index (χ3n) is 4.82. The van der Waals surface area contributed by atoms with Gasteiger partial charge in [-0.15, -0.1) is 0 Å². The third-order valence-corrected chi connectivity index (χ3v) is 6.22. The monoisotopic (exact) mass is 451 g/mol. The number of nitrogens with zero attached hydrogens (tertiary/aromatic N) is 1. The number of hydrogen-bond acceptors (Lipinski definition) is 5. The number of anilines is 3. The Hall–Kier alpha value is -3.85. The number of hydrogen-bond donors (Lipinski definition) is 2. The highest BCUT2D eigenvalue weighted by Crippen LogP contribution is 2.31. The van der Waals surface area contributed by atoms with E-state index < -0.39 is 10.0 Å². The third kappa shape index (κ3) is 4.89. The molecule has 4 rings (SSSR count). The molecular weight excluding hydrogens is 430 g/mol. The SMILES string of the molecule is O=C(CCN1C(=O)COc2ccccc21)Nc1cccc(NS(=O)(=O)c2ccccc2)c1. The Morgan fingerprint density at radius 2 is 1.66 bits per heavy atom. The van der Waals surface area contributed by atoms with E-state index in [1.165, 1.54) is 23.1 Å². The molecule has 8 nitrogen and oxygen atoms in total. The predicted octanol–water partition coefficient (Wildman–Crippen LogP) is 3.24. The zero-order valence-electron chi connectivity index (χ0n) is 17.0. The Balaban J connectivity index is 1.39. The standard InChI is InChI=1S/C23H21N3O5S/c27-22(13-14-26-20-11-4-5-12-21(20)31-16-23(26)28)24-17-7-6-8-18(15-17)25-32(29,30)19-9-2-1-3-10-19/h1-12,15,25H,13-14,16H2,(H,24,27). The van der Waals surface area contributed by atoms with Crippen LogP contribution in [0.15, 0.2) is 83.8 Å². The van der Waals surface area contributed by atoms with Crippen molar-refractivity contribution in [2.45, 2.75) is 11.3 Å². The summed E-state index contributed by atoms with van der Waals surface area (Å²) in [6.07, 6.45) is 0.0695. The lowest BCUT2D eigenvalue weighted by Gasteiger charge is -2.29. The van der Waals surface area contributed by atoms with Crippen molar-refractivity contribution >= 4 is 38.9 Å². The van der Waals surface area contributed by atoms with Crippen LogP contribution in [0.1, 0.15) is 6.42 Å². The fraction of sp³-hybridized carbons (Fsp3) is 0.130. The maximum Gasteiger partial charge on any atom is 0.265 e. The average Bonchev–Trinajstić information content (AvgIpc) is 2.79. The number of ether oxygens (including phenoxy) is 1. The van der Waals surface area contributed by atoms with Gasteiger partial charge in [0, 0.05) is 18.7 Å². The van der Waals surface area contributed by atoms with Gasteiger partial charge in [-0.05, 0) is 42.5 Å². The van der Waals surface area contributed by atoms with Gasteiger partial charge in [-0.1, -0.05) is 36.4 Å². The normalized spacial score (nSPS) is 13.1. The lowest BCUT2D eigenvalue weighted by molar-refractivity contribution is -0.121. The van der Waals surface area contributed by atoms with Crippen molar-refractivity contribution in [1.82, 2.24) is 0 Å². The number of sulfonamides is 1. The van der Waals surface area contributed by atoms with Crippen LogP contribution in [0.5, 0.6) is 5.75 Å². The molecule has 32 heavy (non-hydrogen) atoms. The van der Waals surface area contributed by atoms with Crippen LogP contribution >= 0.6 is 0 Å². The van der Waals surface area contributed by atoms with Gasteiger partial charge in [-0.2, -0.15) is 0 Å². The molecule has 0 radical (unpaired) electrons. The van der Waals surface area contributed by atoms with Crippen LogP contribution in [0.3, 0.4) is 0 Å².